The van der Waals surface area contributed by atoms with Crippen molar-refractivity contribution in [3.63, 3.8) is 0 Å². The number of carbonyl (C=O) groups excluding carboxylic acids is 1. The van der Waals surface area contributed by atoms with Gasteiger partial charge in [-0.3, -0.25) is 4.79 Å². The molecule has 0 bridgehead atoms. The van der Waals surface area contributed by atoms with Crippen LogP contribution in [0.15, 0.2) is 30.5 Å². The molecule has 2 N–H and O–H groups in total. The quantitative estimate of drug-likeness (QED) is 0.603. The molecule has 0 radical (unpaired) electrons. The average molecular weight is 350 g/mol. The molecule has 2 atom stereocenters. The fraction of sp³-hybridized carbons (Fsp3) is 0.412. The van der Waals surface area contributed by atoms with Gasteiger partial charge in [0.1, 0.15) is 5.92 Å². The summed E-state index contributed by atoms with van der Waals surface area (Å²) in [6, 6.07) is 5.12. The predicted octanol–water partition coefficient (Wildman–Crippen LogP) is 2.31. The van der Waals surface area contributed by atoms with E-state index in [2.05, 4.69) is 17.2 Å². The van der Waals surface area contributed by atoms with Crippen LogP contribution >= 0.6 is 12.2 Å². The fourth-order valence-electron chi connectivity index (χ4n) is 2.62. The minimum Gasteiger partial charge on any atom is -0.493 e. The molecule has 0 aromatic heterocycles. The molecule has 0 saturated carbocycles. The highest BCUT2D eigenvalue weighted by molar-refractivity contribution is 7.80. The average Bonchev–Trinajstić information content (AvgIpc) is 2.54. The van der Waals surface area contributed by atoms with Crippen LogP contribution in [0.4, 0.5) is 0 Å². The van der Waals surface area contributed by atoms with Gasteiger partial charge in [-0.1, -0.05) is 12.6 Å². The number of rotatable bonds is 6. The Morgan fingerprint density at radius 2 is 2.04 bits per heavy atom. The predicted molar refractivity (Wildman–Crippen MR) is 95.0 cm³/mol. The summed E-state index contributed by atoms with van der Waals surface area (Å²) in [5, 5.41) is 6.43. The van der Waals surface area contributed by atoms with Crippen LogP contribution in [0.5, 0.6) is 11.5 Å². The molecule has 1 aromatic carbocycles. The number of hydrogen-bond acceptors (Lipinski definition) is 5. The van der Waals surface area contributed by atoms with E-state index >= 15 is 0 Å². The molecular formula is C17H22N2O4S. The van der Waals surface area contributed by atoms with Crippen LogP contribution in [-0.2, 0) is 9.53 Å². The number of benzene rings is 1. The summed E-state index contributed by atoms with van der Waals surface area (Å²) in [5.41, 5.74) is 1.34. The van der Waals surface area contributed by atoms with E-state index in [-0.39, 0.29) is 5.97 Å². The summed E-state index contributed by atoms with van der Waals surface area (Å²) in [6.07, 6.45) is 0. The van der Waals surface area contributed by atoms with E-state index in [0.717, 1.165) is 5.56 Å². The van der Waals surface area contributed by atoms with Crippen molar-refractivity contribution in [2.45, 2.75) is 19.9 Å². The van der Waals surface area contributed by atoms with Gasteiger partial charge in [0.05, 0.1) is 26.4 Å². The summed E-state index contributed by atoms with van der Waals surface area (Å²) >= 11 is 5.20. The van der Waals surface area contributed by atoms with Gasteiger partial charge in [-0.2, -0.15) is 0 Å². The largest absolute Gasteiger partial charge is 0.493 e. The van der Waals surface area contributed by atoms with Crippen LogP contribution in [0, 0.1) is 5.92 Å². The number of thiocarbonyl (C=S) groups is 1. The Hall–Kier alpha value is -2.28. The van der Waals surface area contributed by atoms with E-state index in [1.165, 1.54) is 0 Å². The summed E-state index contributed by atoms with van der Waals surface area (Å²) < 4.78 is 16.1. The number of ether oxygens (including phenoxy) is 3. The van der Waals surface area contributed by atoms with Crippen molar-refractivity contribution in [1.82, 2.24) is 10.6 Å². The lowest BCUT2D eigenvalue weighted by atomic mass is 9.89. The van der Waals surface area contributed by atoms with Crippen LogP contribution in [-0.4, -0.2) is 31.4 Å². The molecule has 1 aromatic rings. The Bertz CT molecular complexity index is 647. The van der Waals surface area contributed by atoms with Gasteiger partial charge < -0.3 is 24.8 Å². The van der Waals surface area contributed by atoms with Crippen molar-refractivity contribution in [1.29, 1.82) is 0 Å². The normalized spacial score (nSPS) is 20.0. The van der Waals surface area contributed by atoms with Gasteiger partial charge in [-0.05, 0) is 43.8 Å². The highest BCUT2D eigenvalue weighted by atomic mass is 32.1. The molecule has 1 fully saturated rings. The first-order valence-corrected chi connectivity index (χ1v) is 8.16. The Balaban J connectivity index is 2.39. The van der Waals surface area contributed by atoms with Gasteiger partial charge >= 0.3 is 5.97 Å². The maximum Gasteiger partial charge on any atom is 0.317 e. The van der Waals surface area contributed by atoms with Crippen LogP contribution in [0.1, 0.15) is 25.5 Å². The zero-order valence-corrected chi connectivity index (χ0v) is 14.9. The van der Waals surface area contributed by atoms with Crippen LogP contribution in [0.2, 0.25) is 0 Å². The topological polar surface area (TPSA) is 68.8 Å². The molecule has 0 amide bonds. The zero-order valence-electron chi connectivity index (χ0n) is 14.0. The second kappa shape index (κ2) is 8.01. The van der Waals surface area contributed by atoms with Gasteiger partial charge in [0.2, 0.25) is 0 Å². The summed E-state index contributed by atoms with van der Waals surface area (Å²) in [7, 11) is 1.57. The van der Waals surface area contributed by atoms with Crippen molar-refractivity contribution in [2.75, 3.05) is 20.3 Å². The minimum absolute atomic E-state index is 0.298. The third-order valence-electron chi connectivity index (χ3n) is 3.66. The number of esters is 1. The van der Waals surface area contributed by atoms with Gasteiger partial charge in [0, 0.05) is 5.70 Å². The van der Waals surface area contributed by atoms with E-state index < -0.39 is 12.0 Å². The first kappa shape index (κ1) is 18.1. The highest BCUT2D eigenvalue weighted by Crippen LogP contribution is 2.35. The number of methoxy groups -OCH3 is 1. The van der Waals surface area contributed by atoms with Crippen LogP contribution in [0.25, 0.3) is 0 Å². The molecule has 1 heterocycles. The highest BCUT2D eigenvalue weighted by Gasteiger charge is 2.38. The monoisotopic (exact) mass is 350 g/mol. The Morgan fingerprint density at radius 3 is 2.67 bits per heavy atom. The maximum absolute atomic E-state index is 12.4. The molecule has 0 aliphatic carbocycles. The molecule has 0 spiro atoms. The van der Waals surface area contributed by atoms with Crippen LogP contribution in [0.3, 0.4) is 0 Å². The fourth-order valence-corrected chi connectivity index (χ4v) is 2.88. The Labute approximate surface area is 147 Å². The zero-order chi connectivity index (χ0) is 17.7. The third kappa shape index (κ3) is 3.79. The molecule has 6 nitrogen and oxygen atoms in total. The second-order valence-corrected chi connectivity index (χ2v) is 5.58. The summed E-state index contributed by atoms with van der Waals surface area (Å²) in [6.45, 7) is 8.42. The molecule has 1 aliphatic rings. The standard InChI is InChI=1S/C17H22N2O4S/c1-5-22-12-8-7-11(9-13(12)21-4)15-14(16(20)23-6-2)10(3)18-17(24)19-15/h7-9,14-15H,3,5-6H2,1-2,4H3,(H2,18,19,24)/t14-,15-/m0/s1. The van der Waals surface area contributed by atoms with E-state index in [1.54, 1.807) is 14.0 Å². The number of hydrogen-bond donors (Lipinski definition) is 2. The van der Waals surface area contributed by atoms with Crippen molar-refractivity contribution >= 4 is 23.3 Å². The van der Waals surface area contributed by atoms with Crippen LogP contribution < -0.4 is 20.1 Å². The second-order valence-electron chi connectivity index (χ2n) is 5.17. The summed E-state index contributed by atoms with van der Waals surface area (Å²) in [5.74, 6) is 0.280. The maximum atomic E-state index is 12.4. The van der Waals surface area contributed by atoms with Gasteiger partial charge in [0.15, 0.2) is 16.6 Å². The molecule has 0 unspecified atom stereocenters. The van der Waals surface area contributed by atoms with E-state index in [0.29, 0.717) is 35.5 Å². The Morgan fingerprint density at radius 1 is 1.29 bits per heavy atom. The molecule has 1 aliphatic heterocycles. The lowest BCUT2D eigenvalue weighted by Crippen LogP contribution is -2.51. The van der Waals surface area contributed by atoms with Crippen molar-refractivity contribution < 1.29 is 19.0 Å². The van der Waals surface area contributed by atoms with E-state index in [4.69, 9.17) is 26.4 Å². The minimum atomic E-state index is -0.598. The van der Waals surface area contributed by atoms with E-state index in [1.807, 2.05) is 25.1 Å². The van der Waals surface area contributed by atoms with E-state index in [9.17, 15) is 4.79 Å². The summed E-state index contributed by atoms with van der Waals surface area (Å²) in [4.78, 5) is 12.4. The molecule has 1 saturated heterocycles. The Kier molecular flexibility index (Phi) is 6.03. The SMILES string of the molecule is C=C1NC(=S)N[C@@H](c2ccc(OCC)c(OC)c2)[C@H]1C(=O)OCC. The number of nitrogens with one attached hydrogen (secondary N) is 2. The van der Waals surface area contributed by atoms with Gasteiger partial charge in [0.25, 0.3) is 0 Å². The molecule has 7 heteroatoms. The van der Waals surface area contributed by atoms with Gasteiger partial charge in [-0.25, -0.2) is 0 Å². The first-order chi connectivity index (χ1) is 11.5. The molecular weight excluding hydrogens is 328 g/mol. The first-order valence-electron chi connectivity index (χ1n) is 7.75. The third-order valence-corrected chi connectivity index (χ3v) is 3.88. The lowest BCUT2D eigenvalue weighted by Gasteiger charge is -2.35. The van der Waals surface area contributed by atoms with Crippen molar-refractivity contribution in [2.24, 2.45) is 5.92 Å². The number of carbonyl (C=O) groups is 1. The van der Waals surface area contributed by atoms with Crippen molar-refractivity contribution in [3.05, 3.63) is 36.0 Å². The van der Waals surface area contributed by atoms with Crippen molar-refractivity contribution in [3.8, 4) is 11.5 Å². The van der Waals surface area contributed by atoms with Gasteiger partial charge in [-0.15, -0.1) is 0 Å². The smallest absolute Gasteiger partial charge is 0.317 e. The lowest BCUT2D eigenvalue weighted by molar-refractivity contribution is -0.147. The molecule has 2 rings (SSSR count). The molecule has 130 valence electrons. The molecule has 24 heavy (non-hydrogen) atoms.